The number of thiophene rings is 1. The Kier molecular flexibility index (Phi) is 3.34. The summed E-state index contributed by atoms with van der Waals surface area (Å²) in [5.74, 6) is 2.51. The van der Waals surface area contributed by atoms with E-state index in [0.717, 1.165) is 47.2 Å². The van der Waals surface area contributed by atoms with Crippen LogP contribution in [0.5, 0.6) is 0 Å². The van der Waals surface area contributed by atoms with Crippen molar-refractivity contribution in [2.24, 2.45) is 5.92 Å². The van der Waals surface area contributed by atoms with Crippen LogP contribution in [0, 0.1) is 12.8 Å². The van der Waals surface area contributed by atoms with Gasteiger partial charge in [0.2, 0.25) is 0 Å². The molecule has 0 aliphatic carbocycles. The van der Waals surface area contributed by atoms with E-state index in [4.69, 9.17) is 0 Å². The maximum atomic E-state index is 4.35. The van der Waals surface area contributed by atoms with E-state index in [1.165, 1.54) is 0 Å². The van der Waals surface area contributed by atoms with E-state index in [2.05, 4.69) is 30.4 Å². The highest BCUT2D eigenvalue weighted by atomic mass is 32.1. The van der Waals surface area contributed by atoms with E-state index in [1.54, 1.807) is 17.7 Å². The smallest absolute Gasteiger partial charge is 0.151 e. The summed E-state index contributed by atoms with van der Waals surface area (Å²) in [7, 11) is 0. The van der Waals surface area contributed by atoms with Gasteiger partial charge in [0.25, 0.3) is 0 Å². The fourth-order valence-corrected chi connectivity index (χ4v) is 3.41. The fourth-order valence-electron chi connectivity index (χ4n) is 2.60. The van der Waals surface area contributed by atoms with Crippen molar-refractivity contribution < 1.29 is 0 Å². The molecule has 6 nitrogen and oxygen atoms in total. The minimum atomic E-state index is 0.605. The van der Waals surface area contributed by atoms with Gasteiger partial charge in [-0.15, -0.1) is 16.4 Å². The molecule has 112 valence electrons. The van der Waals surface area contributed by atoms with E-state index in [9.17, 15) is 0 Å². The van der Waals surface area contributed by atoms with Crippen LogP contribution in [0.1, 0.15) is 5.69 Å². The van der Waals surface area contributed by atoms with Crippen molar-refractivity contribution >= 4 is 33.2 Å². The van der Waals surface area contributed by atoms with Crippen LogP contribution < -0.4 is 10.2 Å². The molecule has 0 unspecified atom stereocenters. The largest absolute Gasteiger partial charge is 0.368 e. The highest BCUT2D eigenvalue weighted by Crippen LogP contribution is 2.26. The van der Waals surface area contributed by atoms with Gasteiger partial charge in [-0.05, 0) is 30.5 Å². The molecule has 0 saturated carbocycles. The third-order valence-corrected chi connectivity index (χ3v) is 4.78. The van der Waals surface area contributed by atoms with Gasteiger partial charge >= 0.3 is 0 Å². The van der Waals surface area contributed by atoms with Crippen molar-refractivity contribution in [2.75, 3.05) is 29.9 Å². The number of fused-ring (bicyclic) bond motifs is 1. The van der Waals surface area contributed by atoms with Gasteiger partial charge in [-0.1, -0.05) is 0 Å². The summed E-state index contributed by atoms with van der Waals surface area (Å²) in [6, 6.07) is 6.06. The molecule has 0 spiro atoms. The monoisotopic (exact) mass is 312 g/mol. The van der Waals surface area contributed by atoms with Crippen molar-refractivity contribution in [1.29, 1.82) is 0 Å². The maximum Gasteiger partial charge on any atom is 0.151 e. The molecule has 3 aromatic heterocycles. The van der Waals surface area contributed by atoms with E-state index in [0.29, 0.717) is 5.92 Å². The number of aryl methyl sites for hydroxylation is 1. The van der Waals surface area contributed by atoms with Crippen LogP contribution in [0.4, 0.5) is 11.6 Å². The predicted octanol–water partition coefficient (Wildman–Crippen LogP) is 2.34. The zero-order valence-electron chi connectivity index (χ0n) is 12.2. The molecule has 4 heterocycles. The summed E-state index contributed by atoms with van der Waals surface area (Å²) >= 11 is 1.67. The molecule has 1 fully saturated rings. The fraction of sp³-hybridized carbons (Fsp3) is 0.333. The number of anilines is 2. The number of nitrogens with zero attached hydrogens (tertiary/aromatic N) is 5. The van der Waals surface area contributed by atoms with Crippen LogP contribution in [-0.2, 0) is 0 Å². The molecule has 1 aliphatic heterocycles. The van der Waals surface area contributed by atoms with Gasteiger partial charge in [0.05, 0.1) is 15.9 Å². The normalized spacial score (nSPS) is 15.0. The van der Waals surface area contributed by atoms with Gasteiger partial charge in [0.1, 0.15) is 12.1 Å². The molecule has 0 bridgehead atoms. The first-order valence-corrected chi connectivity index (χ1v) is 8.15. The second-order valence-electron chi connectivity index (χ2n) is 5.54. The van der Waals surface area contributed by atoms with E-state index < -0.39 is 0 Å². The maximum absolute atomic E-state index is 4.35. The van der Waals surface area contributed by atoms with Gasteiger partial charge in [0, 0.05) is 25.6 Å². The molecule has 1 N–H and O–H groups in total. The Balaban J connectivity index is 1.35. The zero-order valence-corrected chi connectivity index (χ0v) is 13.0. The molecule has 22 heavy (non-hydrogen) atoms. The lowest BCUT2D eigenvalue weighted by atomic mass is 10.0. The standard InChI is InChI=1S/C15H16N6S/c1-10-2-3-13(20-19-10)21-7-11(8-21)6-16-15-14-12(4-5-22-14)17-9-18-15/h2-5,9,11H,6-8H2,1H3,(H,16,17,18). The van der Waals surface area contributed by atoms with Gasteiger partial charge in [0.15, 0.2) is 5.82 Å². The molecule has 1 aliphatic rings. The molecule has 1 saturated heterocycles. The summed E-state index contributed by atoms with van der Waals surface area (Å²) in [5, 5.41) is 13.8. The molecule has 4 rings (SSSR count). The van der Waals surface area contributed by atoms with Crippen LogP contribution in [-0.4, -0.2) is 39.8 Å². The molecule has 0 radical (unpaired) electrons. The summed E-state index contributed by atoms with van der Waals surface area (Å²) in [4.78, 5) is 10.9. The quantitative estimate of drug-likeness (QED) is 0.797. The average molecular weight is 312 g/mol. The van der Waals surface area contributed by atoms with Crippen molar-refractivity contribution in [2.45, 2.75) is 6.92 Å². The SMILES string of the molecule is Cc1ccc(N2CC(CNc3ncnc4ccsc34)C2)nn1. The Hall–Kier alpha value is -2.28. The first-order valence-electron chi connectivity index (χ1n) is 7.27. The zero-order chi connectivity index (χ0) is 14.9. The minimum absolute atomic E-state index is 0.605. The first kappa shape index (κ1) is 13.4. The predicted molar refractivity (Wildman–Crippen MR) is 88.4 cm³/mol. The highest BCUT2D eigenvalue weighted by molar-refractivity contribution is 7.17. The van der Waals surface area contributed by atoms with E-state index in [1.807, 2.05) is 30.5 Å². The molecular formula is C15H16N6S. The van der Waals surface area contributed by atoms with Crippen molar-refractivity contribution in [3.63, 3.8) is 0 Å². The number of hydrogen-bond acceptors (Lipinski definition) is 7. The third-order valence-electron chi connectivity index (χ3n) is 3.87. The van der Waals surface area contributed by atoms with Crippen molar-refractivity contribution in [3.05, 3.63) is 35.6 Å². The lowest BCUT2D eigenvalue weighted by Crippen LogP contribution is -2.50. The molecule has 7 heteroatoms. The Bertz CT molecular complexity index is 778. The van der Waals surface area contributed by atoms with Gasteiger partial charge in [-0.2, -0.15) is 5.10 Å². The molecular weight excluding hydrogens is 296 g/mol. The highest BCUT2D eigenvalue weighted by Gasteiger charge is 2.27. The molecule has 0 amide bonds. The first-order chi connectivity index (χ1) is 10.8. The van der Waals surface area contributed by atoms with Crippen molar-refractivity contribution in [3.8, 4) is 0 Å². The minimum Gasteiger partial charge on any atom is -0.368 e. The van der Waals surface area contributed by atoms with Crippen LogP contribution in [0.2, 0.25) is 0 Å². The lowest BCUT2D eigenvalue weighted by molar-refractivity contribution is 0.425. The molecule has 3 aromatic rings. The Morgan fingerprint density at radius 3 is 2.95 bits per heavy atom. The average Bonchev–Trinajstić information content (AvgIpc) is 2.96. The number of nitrogens with one attached hydrogen (secondary N) is 1. The van der Waals surface area contributed by atoms with E-state index >= 15 is 0 Å². The Morgan fingerprint density at radius 2 is 2.14 bits per heavy atom. The topological polar surface area (TPSA) is 66.8 Å². The molecule has 0 aromatic carbocycles. The van der Waals surface area contributed by atoms with Crippen LogP contribution >= 0.6 is 11.3 Å². The second kappa shape index (κ2) is 5.49. The summed E-state index contributed by atoms with van der Waals surface area (Å²) in [5.41, 5.74) is 1.96. The van der Waals surface area contributed by atoms with E-state index in [-0.39, 0.29) is 0 Å². The van der Waals surface area contributed by atoms with Crippen molar-refractivity contribution in [1.82, 2.24) is 20.2 Å². The second-order valence-corrected chi connectivity index (χ2v) is 6.46. The Labute approximate surface area is 132 Å². The number of aromatic nitrogens is 4. The lowest BCUT2D eigenvalue weighted by Gasteiger charge is -2.40. The third kappa shape index (κ3) is 2.48. The number of hydrogen-bond donors (Lipinski definition) is 1. The summed E-state index contributed by atoms with van der Waals surface area (Å²) in [6.45, 7) is 4.87. The summed E-state index contributed by atoms with van der Waals surface area (Å²) < 4.78 is 1.13. The van der Waals surface area contributed by atoms with Gasteiger partial charge in [-0.3, -0.25) is 0 Å². The van der Waals surface area contributed by atoms with Gasteiger partial charge < -0.3 is 10.2 Å². The van der Waals surface area contributed by atoms with Crippen LogP contribution in [0.3, 0.4) is 0 Å². The van der Waals surface area contributed by atoms with Crippen LogP contribution in [0.25, 0.3) is 10.2 Å². The Morgan fingerprint density at radius 1 is 1.23 bits per heavy atom. The molecule has 0 atom stereocenters. The van der Waals surface area contributed by atoms with Gasteiger partial charge in [-0.25, -0.2) is 9.97 Å². The summed E-state index contributed by atoms with van der Waals surface area (Å²) in [6.07, 6.45) is 1.62. The number of rotatable bonds is 4. The van der Waals surface area contributed by atoms with Crippen LogP contribution in [0.15, 0.2) is 29.9 Å².